The summed E-state index contributed by atoms with van der Waals surface area (Å²) in [5.41, 5.74) is 0.575. The van der Waals surface area contributed by atoms with Crippen LogP contribution in [0.5, 0.6) is 0 Å². The first-order valence-electron chi connectivity index (χ1n) is 7.02. The van der Waals surface area contributed by atoms with E-state index in [4.69, 9.17) is 0 Å². The predicted molar refractivity (Wildman–Crippen MR) is 78.6 cm³/mol. The fourth-order valence-electron chi connectivity index (χ4n) is 2.33. The first-order valence-corrected chi connectivity index (χ1v) is 7.90. The molecule has 0 radical (unpaired) electrons. The third-order valence-corrected chi connectivity index (χ3v) is 4.34. The lowest BCUT2D eigenvalue weighted by molar-refractivity contribution is 0.0909. The molecular weight excluding hydrogens is 258 g/mol. The predicted octanol–water partition coefficient (Wildman–Crippen LogP) is 2.07. The first kappa shape index (κ1) is 14.5. The third kappa shape index (κ3) is 4.01. The average molecular weight is 281 g/mol. The van der Waals surface area contributed by atoms with Crippen LogP contribution < -0.4 is 10.6 Å². The number of rotatable bonds is 4. The van der Waals surface area contributed by atoms with Crippen LogP contribution in [0.2, 0.25) is 0 Å². The number of carbonyl (C=O) groups excluding carboxylic acids is 1. The van der Waals surface area contributed by atoms with Crippen molar-refractivity contribution >= 4 is 17.2 Å². The minimum Gasteiger partial charge on any atom is -0.348 e. The van der Waals surface area contributed by atoms with Crippen LogP contribution in [0.3, 0.4) is 0 Å². The molecule has 2 atom stereocenters. The number of aromatic nitrogens is 1. The normalized spacial score (nSPS) is 23.6. The van der Waals surface area contributed by atoms with Crippen LogP contribution >= 0.6 is 11.3 Å². The van der Waals surface area contributed by atoms with Crippen molar-refractivity contribution in [2.45, 2.75) is 39.7 Å². The summed E-state index contributed by atoms with van der Waals surface area (Å²) >= 11 is 1.58. The molecule has 0 spiro atoms. The van der Waals surface area contributed by atoms with Crippen LogP contribution in [0.25, 0.3) is 0 Å². The quantitative estimate of drug-likeness (QED) is 0.888. The number of piperidine rings is 1. The van der Waals surface area contributed by atoms with Crippen molar-refractivity contribution in [2.24, 2.45) is 11.8 Å². The van der Waals surface area contributed by atoms with Gasteiger partial charge < -0.3 is 10.6 Å². The van der Waals surface area contributed by atoms with E-state index in [0.29, 0.717) is 17.5 Å². The molecule has 5 heteroatoms. The molecule has 2 unspecified atom stereocenters. The molecule has 19 heavy (non-hydrogen) atoms. The summed E-state index contributed by atoms with van der Waals surface area (Å²) in [5, 5.41) is 9.38. The molecule has 2 N–H and O–H groups in total. The maximum Gasteiger partial charge on any atom is 0.270 e. The minimum atomic E-state index is -0.0231. The highest BCUT2D eigenvalue weighted by Gasteiger charge is 2.23. The Kier molecular flexibility index (Phi) is 4.93. The Labute approximate surface area is 119 Å². The van der Waals surface area contributed by atoms with E-state index in [9.17, 15) is 4.79 Å². The number of carbonyl (C=O) groups is 1. The van der Waals surface area contributed by atoms with Gasteiger partial charge in [0.1, 0.15) is 5.69 Å². The SMILES string of the molecule is CC(C)Cc1nc(C(=O)NC2CCNCC2C)cs1. The van der Waals surface area contributed by atoms with Gasteiger partial charge in [0.15, 0.2) is 0 Å². The number of thiazole rings is 1. The lowest BCUT2D eigenvalue weighted by Crippen LogP contribution is -2.48. The van der Waals surface area contributed by atoms with E-state index in [1.165, 1.54) is 0 Å². The third-order valence-electron chi connectivity index (χ3n) is 3.47. The second-order valence-corrected chi connectivity index (χ2v) is 6.72. The van der Waals surface area contributed by atoms with Crippen LogP contribution in [0.1, 0.15) is 42.7 Å². The number of amides is 1. The van der Waals surface area contributed by atoms with Crippen LogP contribution in [-0.4, -0.2) is 30.0 Å². The maximum absolute atomic E-state index is 12.2. The van der Waals surface area contributed by atoms with Gasteiger partial charge in [-0.3, -0.25) is 4.79 Å². The zero-order valence-corrected chi connectivity index (χ0v) is 12.7. The fourth-order valence-corrected chi connectivity index (χ4v) is 3.32. The molecular formula is C14H23N3OS. The van der Waals surface area contributed by atoms with Crippen LogP contribution in [0.15, 0.2) is 5.38 Å². The van der Waals surface area contributed by atoms with Gasteiger partial charge >= 0.3 is 0 Å². The van der Waals surface area contributed by atoms with Gasteiger partial charge in [-0.15, -0.1) is 11.3 Å². The summed E-state index contributed by atoms with van der Waals surface area (Å²) < 4.78 is 0. The molecule has 0 saturated carbocycles. The van der Waals surface area contributed by atoms with Crippen LogP contribution in [0.4, 0.5) is 0 Å². The van der Waals surface area contributed by atoms with Crippen molar-refractivity contribution in [3.63, 3.8) is 0 Å². The molecule has 1 amide bonds. The van der Waals surface area contributed by atoms with E-state index in [1.807, 2.05) is 5.38 Å². The van der Waals surface area contributed by atoms with E-state index in [1.54, 1.807) is 11.3 Å². The number of hydrogen-bond donors (Lipinski definition) is 2. The van der Waals surface area contributed by atoms with Gasteiger partial charge in [-0.05, 0) is 31.3 Å². The Hall–Kier alpha value is -0.940. The summed E-state index contributed by atoms with van der Waals surface area (Å²) in [6, 6.07) is 0.268. The summed E-state index contributed by atoms with van der Waals surface area (Å²) in [5.74, 6) is 1.03. The molecule has 1 fully saturated rings. The minimum absolute atomic E-state index is 0.0231. The van der Waals surface area contributed by atoms with E-state index in [2.05, 4.69) is 36.4 Å². The molecule has 0 aromatic carbocycles. The summed E-state index contributed by atoms with van der Waals surface area (Å²) in [7, 11) is 0. The maximum atomic E-state index is 12.2. The average Bonchev–Trinajstić information content (AvgIpc) is 2.79. The van der Waals surface area contributed by atoms with Crippen molar-refractivity contribution in [3.8, 4) is 0 Å². The first-order chi connectivity index (χ1) is 9.06. The molecule has 1 saturated heterocycles. The standard InChI is InChI=1S/C14H23N3OS/c1-9(2)6-13-16-12(8-19-13)14(18)17-11-4-5-15-7-10(11)3/h8-11,15H,4-7H2,1-3H3,(H,17,18). The smallest absolute Gasteiger partial charge is 0.270 e. The Morgan fingerprint density at radius 1 is 1.63 bits per heavy atom. The second-order valence-electron chi connectivity index (χ2n) is 5.77. The van der Waals surface area contributed by atoms with Crippen molar-refractivity contribution in [1.82, 2.24) is 15.6 Å². The summed E-state index contributed by atoms with van der Waals surface area (Å²) in [6.45, 7) is 8.45. The zero-order valence-electron chi connectivity index (χ0n) is 11.9. The highest BCUT2D eigenvalue weighted by atomic mass is 32.1. The molecule has 1 aromatic rings. The lowest BCUT2D eigenvalue weighted by atomic mass is 9.95. The van der Waals surface area contributed by atoms with Gasteiger partial charge in [0.2, 0.25) is 0 Å². The number of nitrogens with one attached hydrogen (secondary N) is 2. The highest BCUT2D eigenvalue weighted by Crippen LogP contribution is 2.16. The Balaban J connectivity index is 1.93. The summed E-state index contributed by atoms with van der Waals surface area (Å²) in [4.78, 5) is 16.6. The van der Waals surface area contributed by atoms with Crippen molar-refractivity contribution in [3.05, 3.63) is 16.1 Å². The molecule has 0 aliphatic carbocycles. The second kappa shape index (κ2) is 6.48. The van der Waals surface area contributed by atoms with Gasteiger partial charge in [-0.2, -0.15) is 0 Å². The van der Waals surface area contributed by atoms with Crippen LogP contribution in [0, 0.1) is 11.8 Å². The molecule has 1 aliphatic heterocycles. The van der Waals surface area contributed by atoms with Gasteiger partial charge in [0, 0.05) is 17.8 Å². The number of hydrogen-bond acceptors (Lipinski definition) is 4. The van der Waals surface area contributed by atoms with Gasteiger partial charge in [-0.25, -0.2) is 4.98 Å². The van der Waals surface area contributed by atoms with E-state index in [-0.39, 0.29) is 11.9 Å². The van der Waals surface area contributed by atoms with Crippen molar-refractivity contribution < 1.29 is 4.79 Å². The van der Waals surface area contributed by atoms with Gasteiger partial charge in [0.25, 0.3) is 5.91 Å². The molecule has 2 heterocycles. The Bertz CT molecular complexity index is 430. The lowest BCUT2D eigenvalue weighted by Gasteiger charge is -2.29. The highest BCUT2D eigenvalue weighted by molar-refractivity contribution is 7.09. The zero-order chi connectivity index (χ0) is 13.8. The van der Waals surface area contributed by atoms with E-state index >= 15 is 0 Å². The summed E-state index contributed by atoms with van der Waals surface area (Å²) in [6.07, 6.45) is 1.94. The van der Waals surface area contributed by atoms with Crippen LogP contribution in [-0.2, 0) is 6.42 Å². The molecule has 106 valence electrons. The largest absolute Gasteiger partial charge is 0.348 e. The topological polar surface area (TPSA) is 54.0 Å². The Morgan fingerprint density at radius 2 is 2.42 bits per heavy atom. The van der Waals surface area contributed by atoms with Crippen molar-refractivity contribution in [1.29, 1.82) is 0 Å². The molecule has 0 bridgehead atoms. The van der Waals surface area contributed by atoms with Gasteiger partial charge in [0.05, 0.1) is 5.01 Å². The monoisotopic (exact) mass is 281 g/mol. The van der Waals surface area contributed by atoms with E-state index < -0.39 is 0 Å². The van der Waals surface area contributed by atoms with Gasteiger partial charge in [-0.1, -0.05) is 20.8 Å². The van der Waals surface area contributed by atoms with E-state index in [0.717, 1.165) is 30.9 Å². The fraction of sp³-hybridized carbons (Fsp3) is 0.714. The molecule has 1 aromatic heterocycles. The molecule has 1 aliphatic rings. The molecule has 2 rings (SSSR count). The Morgan fingerprint density at radius 3 is 3.11 bits per heavy atom. The van der Waals surface area contributed by atoms with Crippen molar-refractivity contribution in [2.75, 3.05) is 13.1 Å². The number of nitrogens with zero attached hydrogens (tertiary/aromatic N) is 1. The molecule has 4 nitrogen and oxygen atoms in total.